The summed E-state index contributed by atoms with van der Waals surface area (Å²) >= 11 is 0. The zero-order chi connectivity index (χ0) is 30.3. The number of nitrogens with zero attached hydrogens (tertiary/aromatic N) is 5. The molecule has 5 aliphatic heterocycles. The number of hydrogen-bond acceptors (Lipinski definition) is 8. The molecule has 1 saturated carbocycles. The number of nitrogens with one attached hydrogen (secondary N) is 1. The average molecular weight is 613 g/mol. The van der Waals surface area contributed by atoms with Crippen molar-refractivity contribution in [2.75, 3.05) is 42.6 Å². The third kappa shape index (κ3) is 4.51. The quantitative estimate of drug-likeness (QED) is 0.390. The Morgan fingerprint density at radius 1 is 1.04 bits per heavy atom. The number of benzene rings is 2. The van der Waals surface area contributed by atoms with Gasteiger partial charge in [0.15, 0.2) is 0 Å². The van der Waals surface area contributed by atoms with E-state index in [1.807, 2.05) is 12.1 Å². The van der Waals surface area contributed by atoms with E-state index in [1.165, 1.54) is 29.4 Å². The maximum absolute atomic E-state index is 16.0. The van der Waals surface area contributed by atoms with Crippen LogP contribution in [0.5, 0.6) is 11.8 Å². The molecule has 2 N–H and O–H groups in total. The zero-order valence-corrected chi connectivity index (χ0v) is 26.4. The Bertz CT molecular complexity index is 1640. The minimum Gasteiger partial charge on any atom is -0.508 e. The summed E-state index contributed by atoms with van der Waals surface area (Å²) in [6.07, 6.45) is 9.46. The Kier molecular flexibility index (Phi) is 6.51. The van der Waals surface area contributed by atoms with Gasteiger partial charge in [-0.3, -0.25) is 4.90 Å². The molecular weight excluding hydrogens is 567 g/mol. The van der Waals surface area contributed by atoms with Gasteiger partial charge in [0.1, 0.15) is 23.8 Å². The topological polar surface area (TPSA) is 77.0 Å². The smallest absolute Gasteiger partial charge is 0.318 e. The van der Waals surface area contributed by atoms with Gasteiger partial charge in [0.05, 0.1) is 17.8 Å². The summed E-state index contributed by atoms with van der Waals surface area (Å²) in [4.78, 5) is 17.6. The second-order valence-electron chi connectivity index (χ2n) is 14.7. The molecule has 5 atom stereocenters. The standard InChI is InChI=1S/C36H45FN6O2/c1-2-23-6-3-7-24-16-27(44)17-30(32(23)24)41-15-11-28-29(20-41)39-34(40-33(28)42-18-25-9-10-26(19-42)38-25)45-22-35-12-5-14-43(35)31-8-4-13-36(31,37)21-35/h3,6-7,16-17,25-26,31,38,44H,2,4-5,8-15,18-22H2,1H3/t25?,26?,31-,35-,36+/m0/s1. The molecule has 4 saturated heterocycles. The number of phenolic OH excluding ortho intramolecular Hbond substituents is 1. The van der Waals surface area contributed by atoms with Crippen molar-refractivity contribution in [1.29, 1.82) is 0 Å². The lowest BCUT2D eigenvalue weighted by molar-refractivity contribution is 0.0808. The van der Waals surface area contributed by atoms with Crippen molar-refractivity contribution in [3.05, 3.63) is 47.2 Å². The molecule has 0 spiro atoms. The summed E-state index contributed by atoms with van der Waals surface area (Å²) in [5.74, 6) is 1.31. The van der Waals surface area contributed by atoms with Gasteiger partial charge in [-0.1, -0.05) is 25.1 Å². The minimum absolute atomic E-state index is 0.0404. The molecule has 45 heavy (non-hydrogen) atoms. The van der Waals surface area contributed by atoms with Gasteiger partial charge in [-0.15, -0.1) is 0 Å². The molecule has 2 unspecified atom stereocenters. The molecule has 5 fully saturated rings. The van der Waals surface area contributed by atoms with E-state index in [1.54, 1.807) is 0 Å². The molecule has 2 aromatic carbocycles. The predicted molar refractivity (Wildman–Crippen MR) is 174 cm³/mol. The highest BCUT2D eigenvalue weighted by Crippen LogP contribution is 2.55. The van der Waals surface area contributed by atoms with Crippen LogP contribution in [-0.4, -0.2) is 82.1 Å². The van der Waals surface area contributed by atoms with E-state index in [0.717, 1.165) is 87.3 Å². The fourth-order valence-corrected chi connectivity index (χ4v) is 10.1. The summed E-state index contributed by atoms with van der Waals surface area (Å²) in [7, 11) is 0. The van der Waals surface area contributed by atoms with Crippen LogP contribution in [0.3, 0.4) is 0 Å². The van der Waals surface area contributed by atoms with Crippen molar-refractivity contribution < 1.29 is 14.2 Å². The van der Waals surface area contributed by atoms with Crippen LogP contribution in [0.25, 0.3) is 10.8 Å². The van der Waals surface area contributed by atoms with E-state index in [4.69, 9.17) is 14.7 Å². The van der Waals surface area contributed by atoms with Crippen LogP contribution < -0.4 is 19.9 Å². The van der Waals surface area contributed by atoms with Crippen molar-refractivity contribution in [2.24, 2.45) is 0 Å². The van der Waals surface area contributed by atoms with Crippen LogP contribution >= 0.6 is 0 Å². The van der Waals surface area contributed by atoms with Gasteiger partial charge < -0.3 is 25.0 Å². The van der Waals surface area contributed by atoms with Gasteiger partial charge in [-0.25, -0.2) is 4.39 Å². The molecule has 1 aliphatic carbocycles. The second-order valence-corrected chi connectivity index (χ2v) is 14.7. The van der Waals surface area contributed by atoms with Crippen LogP contribution in [0.1, 0.15) is 75.1 Å². The maximum atomic E-state index is 16.0. The normalized spacial score (nSPS) is 32.3. The lowest BCUT2D eigenvalue weighted by Gasteiger charge is -2.38. The largest absolute Gasteiger partial charge is 0.508 e. The molecule has 3 aromatic rings. The molecule has 9 rings (SSSR count). The average Bonchev–Trinajstić information content (AvgIpc) is 3.77. The number of anilines is 2. The van der Waals surface area contributed by atoms with Crippen LogP contribution in [0.15, 0.2) is 30.3 Å². The summed E-state index contributed by atoms with van der Waals surface area (Å²) in [5, 5.41) is 16.8. The van der Waals surface area contributed by atoms with E-state index in [9.17, 15) is 5.11 Å². The number of rotatable bonds is 6. The van der Waals surface area contributed by atoms with Gasteiger partial charge in [-0.2, -0.15) is 9.97 Å². The van der Waals surface area contributed by atoms with Crippen LogP contribution in [0.2, 0.25) is 0 Å². The van der Waals surface area contributed by atoms with Crippen molar-refractivity contribution in [1.82, 2.24) is 20.2 Å². The van der Waals surface area contributed by atoms with E-state index in [0.29, 0.717) is 44.1 Å². The van der Waals surface area contributed by atoms with Gasteiger partial charge in [0, 0.05) is 66.9 Å². The highest BCUT2D eigenvalue weighted by atomic mass is 19.1. The molecule has 238 valence electrons. The maximum Gasteiger partial charge on any atom is 0.318 e. The monoisotopic (exact) mass is 612 g/mol. The number of ether oxygens (including phenoxy) is 1. The Labute approximate surface area is 265 Å². The number of hydrogen-bond donors (Lipinski definition) is 2. The fraction of sp³-hybridized carbons (Fsp3) is 0.611. The van der Waals surface area contributed by atoms with E-state index < -0.39 is 5.67 Å². The Balaban J connectivity index is 1.07. The van der Waals surface area contributed by atoms with Gasteiger partial charge in [0.2, 0.25) is 0 Å². The highest BCUT2D eigenvalue weighted by molar-refractivity contribution is 5.98. The lowest BCUT2D eigenvalue weighted by atomic mass is 9.88. The SMILES string of the molecule is CCc1cccc2cc(O)cc(N3CCc4c(nc(OC[C@@]56CCCN5[C@H]5CCC[C@@]5(F)C6)nc4N4CC5CCC(C4)N5)C3)c12. The van der Waals surface area contributed by atoms with Crippen molar-refractivity contribution in [3.8, 4) is 11.8 Å². The first kappa shape index (κ1) is 28.1. The molecule has 0 radical (unpaired) electrons. The number of piperazine rings is 1. The zero-order valence-electron chi connectivity index (χ0n) is 26.4. The minimum atomic E-state index is -1.08. The predicted octanol–water partition coefficient (Wildman–Crippen LogP) is 5.28. The number of aryl methyl sites for hydroxylation is 1. The fourth-order valence-electron chi connectivity index (χ4n) is 10.1. The molecule has 1 aromatic heterocycles. The van der Waals surface area contributed by atoms with E-state index in [-0.39, 0.29) is 17.3 Å². The van der Waals surface area contributed by atoms with Crippen molar-refractivity contribution >= 4 is 22.3 Å². The van der Waals surface area contributed by atoms with Gasteiger partial charge in [0.25, 0.3) is 0 Å². The van der Waals surface area contributed by atoms with Crippen molar-refractivity contribution in [3.63, 3.8) is 0 Å². The first-order chi connectivity index (χ1) is 21.9. The Hall–Kier alpha value is -3.17. The molecule has 0 amide bonds. The van der Waals surface area contributed by atoms with Crippen LogP contribution in [0.4, 0.5) is 15.9 Å². The van der Waals surface area contributed by atoms with Gasteiger partial charge >= 0.3 is 6.01 Å². The Morgan fingerprint density at radius 2 is 1.91 bits per heavy atom. The van der Waals surface area contributed by atoms with Crippen LogP contribution in [0, 0.1) is 0 Å². The number of fused-ring (bicyclic) bond motifs is 7. The number of phenols is 1. The second kappa shape index (κ2) is 10.4. The van der Waals surface area contributed by atoms with E-state index >= 15 is 4.39 Å². The first-order valence-corrected chi connectivity index (χ1v) is 17.4. The molecule has 6 heterocycles. The van der Waals surface area contributed by atoms with E-state index in [2.05, 4.69) is 45.1 Å². The summed E-state index contributed by atoms with van der Waals surface area (Å²) < 4.78 is 22.6. The third-order valence-electron chi connectivity index (χ3n) is 12.1. The summed E-state index contributed by atoms with van der Waals surface area (Å²) in [6.45, 7) is 6.95. The lowest BCUT2D eigenvalue weighted by Crippen LogP contribution is -2.52. The molecule has 6 aliphatic rings. The van der Waals surface area contributed by atoms with Crippen molar-refractivity contribution in [2.45, 2.75) is 107 Å². The number of alkyl halides is 1. The van der Waals surface area contributed by atoms with Crippen LogP contribution in [-0.2, 0) is 19.4 Å². The highest BCUT2D eigenvalue weighted by Gasteiger charge is 2.63. The molecule has 2 bridgehead atoms. The summed E-state index contributed by atoms with van der Waals surface area (Å²) in [5.41, 5.74) is 3.23. The summed E-state index contributed by atoms with van der Waals surface area (Å²) in [6, 6.07) is 11.6. The molecular formula is C36H45FN6O2. The third-order valence-corrected chi connectivity index (χ3v) is 12.1. The Morgan fingerprint density at radius 3 is 2.76 bits per heavy atom. The first-order valence-electron chi connectivity index (χ1n) is 17.4. The van der Waals surface area contributed by atoms with Gasteiger partial charge in [-0.05, 0) is 81.3 Å². The number of aromatic nitrogens is 2. The molecule has 8 nitrogen and oxygen atoms in total. The molecule has 9 heteroatoms. The number of aromatic hydroxyl groups is 1. The number of halogens is 1.